The molecule has 5 nitrogen and oxygen atoms in total. The first kappa shape index (κ1) is 42.1. The minimum absolute atomic E-state index is 0. The van der Waals surface area contributed by atoms with Gasteiger partial charge in [0.25, 0.3) is 0 Å². The van der Waals surface area contributed by atoms with Gasteiger partial charge in [-0.25, -0.2) is 0 Å². The number of nitrogens with zero attached hydrogens (tertiary/aromatic N) is 2. The molecule has 3 heterocycles. The Balaban J connectivity index is 0.000000299. The monoisotopic (exact) mass is 908 g/mol. The Labute approximate surface area is 333 Å². The number of fused-ring (bicyclic) bond motifs is 3. The predicted octanol–water partition coefficient (Wildman–Crippen LogP) is 13.6. The molecule has 0 fully saturated rings. The molecule has 0 saturated carbocycles. The fraction of sp³-hybridized carbons (Fsp3) is 0.413. The second-order valence-corrected chi connectivity index (χ2v) is 16.8. The van der Waals surface area contributed by atoms with E-state index in [1.807, 2.05) is 60.6 Å². The minimum atomic E-state index is -0.337. The van der Waals surface area contributed by atoms with Gasteiger partial charge in [0.15, 0.2) is 5.78 Å². The molecule has 53 heavy (non-hydrogen) atoms. The summed E-state index contributed by atoms with van der Waals surface area (Å²) >= 11 is 1.74. The standard InChI is InChI=1S/C31H27N2OS.C15H28O2.Ir/c1-17-22-12-9-10-14-25(22)34-28(17)29-18(2)26-19(3)32-33-27(30(26)35-29)21-15-20-11-7-8-13-23(20)24(16-21)31(4,5)6;1-7-14(5,8-2)12(16)11-13(17)15(6,9-3)10-4;/h7-14,16H,1-6H3;11,16H,7-10H2,1-6H3;/q-1;;/b;12-11-;. The Bertz CT molecular complexity index is 2280. The molecular formula is C46H55IrN2O3S-. The van der Waals surface area contributed by atoms with Crippen molar-refractivity contribution >= 4 is 48.9 Å². The van der Waals surface area contributed by atoms with Crippen LogP contribution in [0.4, 0.5) is 0 Å². The van der Waals surface area contributed by atoms with Crippen molar-refractivity contribution in [1.29, 1.82) is 0 Å². The Morgan fingerprint density at radius 3 is 2.00 bits per heavy atom. The smallest absolute Gasteiger partial charge is 0.164 e. The second-order valence-electron chi connectivity index (χ2n) is 15.8. The molecular weight excluding hydrogens is 853 g/mol. The van der Waals surface area contributed by atoms with Gasteiger partial charge in [-0.3, -0.25) is 4.79 Å². The normalized spacial score (nSPS) is 12.6. The molecule has 0 amide bonds. The van der Waals surface area contributed by atoms with Crippen LogP contribution in [0.3, 0.4) is 0 Å². The van der Waals surface area contributed by atoms with Crippen molar-refractivity contribution in [3.8, 4) is 21.9 Å². The molecule has 0 atom stereocenters. The summed E-state index contributed by atoms with van der Waals surface area (Å²) in [6, 6.07) is 22.6. The van der Waals surface area contributed by atoms with E-state index in [9.17, 15) is 9.90 Å². The van der Waals surface area contributed by atoms with E-state index in [-0.39, 0.29) is 47.9 Å². The number of allylic oxidation sites excluding steroid dienone is 2. The third-order valence-corrected chi connectivity index (χ3v) is 12.8. The van der Waals surface area contributed by atoms with E-state index in [0.29, 0.717) is 0 Å². The molecule has 7 heteroatoms. The molecule has 0 aliphatic carbocycles. The van der Waals surface area contributed by atoms with Crippen LogP contribution in [0.1, 0.15) is 110 Å². The van der Waals surface area contributed by atoms with E-state index in [2.05, 4.69) is 88.2 Å². The summed E-state index contributed by atoms with van der Waals surface area (Å²) in [7, 11) is 0. The summed E-state index contributed by atoms with van der Waals surface area (Å²) in [4.78, 5) is 13.3. The number of furan rings is 1. The maximum absolute atomic E-state index is 12.2. The van der Waals surface area contributed by atoms with E-state index in [0.717, 1.165) is 79.7 Å². The summed E-state index contributed by atoms with van der Waals surface area (Å²) in [6.45, 7) is 25.2. The molecule has 6 aromatic rings. The number of benzene rings is 3. The minimum Gasteiger partial charge on any atom is -0.512 e. The van der Waals surface area contributed by atoms with Crippen LogP contribution in [0, 0.1) is 37.7 Å². The van der Waals surface area contributed by atoms with Crippen molar-refractivity contribution in [2.75, 3.05) is 0 Å². The summed E-state index contributed by atoms with van der Waals surface area (Å²) in [5, 5.41) is 24.1. The third-order valence-electron chi connectivity index (χ3n) is 11.5. The zero-order valence-electron chi connectivity index (χ0n) is 33.5. The Morgan fingerprint density at radius 2 is 1.42 bits per heavy atom. The maximum atomic E-state index is 12.2. The summed E-state index contributed by atoms with van der Waals surface area (Å²) < 4.78 is 7.50. The van der Waals surface area contributed by atoms with Crippen molar-refractivity contribution in [3.63, 3.8) is 0 Å². The summed E-state index contributed by atoms with van der Waals surface area (Å²) in [5.74, 6) is 1.22. The Morgan fingerprint density at radius 1 is 0.830 bits per heavy atom. The number of aryl methyl sites for hydroxylation is 3. The number of aliphatic hydroxyl groups is 1. The molecule has 1 N–H and O–H groups in total. The van der Waals surface area contributed by atoms with Gasteiger partial charge in [-0.2, -0.15) is 10.2 Å². The van der Waals surface area contributed by atoms with Crippen molar-refractivity contribution < 1.29 is 34.4 Å². The molecule has 283 valence electrons. The summed E-state index contributed by atoms with van der Waals surface area (Å²) in [6.07, 6.45) is 4.75. The first-order chi connectivity index (χ1) is 24.5. The van der Waals surface area contributed by atoms with Gasteiger partial charge in [-0.15, -0.1) is 40.5 Å². The van der Waals surface area contributed by atoms with Gasteiger partial charge in [0.2, 0.25) is 0 Å². The van der Waals surface area contributed by atoms with Crippen LogP contribution in [0.15, 0.2) is 70.8 Å². The van der Waals surface area contributed by atoms with Crippen LogP contribution >= 0.6 is 11.3 Å². The van der Waals surface area contributed by atoms with E-state index in [1.54, 1.807) is 11.3 Å². The van der Waals surface area contributed by atoms with E-state index < -0.39 is 0 Å². The number of hydrogen-bond acceptors (Lipinski definition) is 6. The molecule has 0 aliphatic rings. The van der Waals surface area contributed by atoms with Crippen LogP contribution in [-0.4, -0.2) is 21.1 Å². The van der Waals surface area contributed by atoms with Crippen LogP contribution in [0.2, 0.25) is 0 Å². The van der Waals surface area contributed by atoms with Crippen molar-refractivity contribution in [2.24, 2.45) is 10.8 Å². The van der Waals surface area contributed by atoms with E-state index in [1.165, 1.54) is 28.2 Å². The number of carbonyl (C=O) groups is 1. The number of carbonyl (C=O) groups excluding carboxylic acids is 1. The van der Waals surface area contributed by atoms with Crippen molar-refractivity contribution in [1.82, 2.24) is 10.2 Å². The fourth-order valence-corrected chi connectivity index (χ4v) is 8.18. The van der Waals surface area contributed by atoms with Gasteiger partial charge in [0.05, 0.1) is 10.6 Å². The zero-order chi connectivity index (χ0) is 38.2. The molecule has 3 aromatic carbocycles. The van der Waals surface area contributed by atoms with E-state index >= 15 is 0 Å². The molecule has 3 aromatic heterocycles. The van der Waals surface area contributed by atoms with Gasteiger partial charge < -0.3 is 9.52 Å². The van der Waals surface area contributed by atoms with Crippen molar-refractivity contribution in [3.05, 3.63) is 94.9 Å². The topological polar surface area (TPSA) is 76.2 Å². The maximum Gasteiger partial charge on any atom is 0.164 e. The van der Waals surface area contributed by atoms with Crippen LogP contribution < -0.4 is 0 Å². The van der Waals surface area contributed by atoms with Gasteiger partial charge in [-0.1, -0.05) is 110 Å². The fourth-order valence-electron chi connectivity index (χ4n) is 6.78. The Hall–Kier alpha value is -3.64. The molecule has 0 unspecified atom stereocenters. The molecule has 0 aliphatic heterocycles. The molecule has 1 radical (unpaired) electrons. The SMILES string of the molecule is CCC(C)(CC)C(=O)/C=C(\O)C(C)(CC)CC.Cc1c(-c2sc3c(-c4[c-]c5ccccc5c(C(C)(C)C)c4)nnc(C)c3c2C)oc2ccccc12.[Ir]. The third kappa shape index (κ3) is 8.09. The largest absolute Gasteiger partial charge is 0.512 e. The van der Waals surface area contributed by atoms with Crippen LogP contribution in [-0.2, 0) is 30.3 Å². The number of thiophene rings is 1. The average Bonchev–Trinajstić information content (AvgIpc) is 3.66. The van der Waals surface area contributed by atoms with Crippen LogP contribution in [0.25, 0.3) is 53.7 Å². The average molecular weight is 908 g/mol. The second kappa shape index (κ2) is 16.4. The van der Waals surface area contributed by atoms with Gasteiger partial charge in [-0.05, 0) is 63.5 Å². The number of aromatic nitrogens is 2. The molecule has 0 saturated heterocycles. The quantitative estimate of drug-likeness (QED) is 0.0888. The zero-order valence-corrected chi connectivity index (χ0v) is 36.7. The van der Waals surface area contributed by atoms with Gasteiger partial charge in [0, 0.05) is 63.7 Å². The molecule has 0 bridgehead atoms. The number of para-hydroxylation sites is 1. The Kier molecular flexibility index (Phi) is 13.0. The number of hydrogen-bond donors (Lipinski definition) is 1. The molecule has 0 spiro atoms. The van der Waals surface area contributed by atoms with Gasteiger partial charge in [0.1, 0.15) is 17.1 Å². The van der Waals surface area contributed by atoms with E-state index in [4.69, 9.17) is 9.52 Å². The predicted molar refractivity (Wildman–Crippen MR) is 220 cm³/mol. The number of aliphatic hydroxyl groups excluding tert-OH is 1. The van der Waals surface area contributed by atoms with Crippen molar-refractivity contribution in [2.45, 2.75) is 114 Å². The first-order valence-corrected chi connectivity index (χ1v) is 19.5. The van der Waals surface area contributed by atoms with Crippen LogP contribution in [0.5, 0.6) is 0 Å². The number of ketones is 1. The number of rotatable bonds is 9. The van der Waals surface area contributed by atoms with Gasteiger partial charge >= 0.3 is 0 Å². The first-order valence-electron chi connectivity index (χ1n) is 18.7. The molecule has 6 rings (SSSR count). The summed E-state index contributed by atoms with van der Waals surface area (Å²) in [5.41, 5.74) is 6.77.